The van der Waals surface area contributed by atoms with Crippen molar-refractivity contribution < 1.29 is 9.66 Å². The largest absolute Gasteiger partial charge is 0.473 e. The van der Waals surface area contributed by atoms with Crippen molar-refractivity contribution in [2.24, 2.45) is 0 Å². The summed E-state index contributed by atoms with van der Waals surface area (Å²) in [5.41, 5.74) is -0.196. The number of anilines is 1. The molecule has 0 saturated heterocycles. The highest BCUT2D eigenvalue weighted by Crippen LogP contribution is 2.24. The molecule has 0 radical (unpaired) electrons. The fourth-order valence-electron chi connectivity index (χ4n) is 1.43. The lowest BCUT2D eigenvalue weighted by molar-refractivity contribution is -0.386. The van der Waals surface area contributed by atoms with Gasteiger partial charge in [0.1, 0.15) is 6.20 Å². The summed E-state index contributed by atoms with van der Waals surface area (Å²) in [5.74, 6) is 0.396. The third-order valence-corrected chi connectivity index (χ3v) is 2.45. The van der Waals surface area contributed by atoms with Crippen molar-refractivity contribution in [2.75, 3.05) is 18.5 Å². The van der Waals surface area contributed by atoms with Gasteiger partial charge in [-0.15, -0.1) is 0 Å². The van der Waals surface area contributed by atoms with Crippen LogP contribution in [-0.2, 0) is 0 Å². The molecule has 0 amide bonds. The molecule has 1 rings (SSSR count). The number of hydrogen-bond acceptors (Lipinski definition) is 6. The molecule has 1 heterocycles. The van der Waals surface area contributed by atoms with Crippen molar-refractivity contribution in [3.63, 3.8) is 0 Å². The van der Waals surface area contributed by atoms with Gasteiger partial charge in [0, 0.05) is 6.54 Å². The Hall–Kier alpha value is -1.92. The molecular weight excluding hydrogens is 248 g/mol. The third-order valence-electron chi connectivity index (χ3n) is 2.45. The third kappa shape index (κ3) is 5.07. The fourth-order valence-corrected chi connectivity index (χ4v) is 1.43. The minimum Gasteiger partial charge on any atom is -0.473 e. The second-order valence-electron chi connectivity index (χ2n) is 4.12. The number of nitrogens with zero attached hydrogens (tertiary/aromatic N) is 3. The van der Waals surface area contributed by atoms with Gasteiger partial charge in [-0.2, -0.15) is 4.98 Å². The summed E-state index contributed by atoms with van der Waals surface area (Å²) >= 11 is 0. The number of aromatic nitrogens is 2. The average molecular weight is 268 g/mol. The number of unbranched alkanes of at least 4 members (excludes halogenated alkanes) is 2. The predicted molar refractivity (Wildman–Crippen MR) is 72.5 cm³/mol. The van der Waals surface area contributed by atoms with E-state index in [1.807, 2.05) is 6.92 Å². The van der Waals surface area contributed by atoms with Crippen LogP contribution in [0.25, 0.3) is 0 Å². The first-order chi connectivity index (χ1) is 9.19. The lowest BCUT2D eigenvalue weighted by Crippen LogP contribution is -2.08. The normalized spacial score (nSPS) is 10.2. The van der Waals surface area contributed by atoms with Gasteiger partial charge in [-0.1, -0.05) is 26.7 Å². The lowest BCUT2D eigenvalue weighted by atomic mass is 10.3. The summed E-state index contributed by atoms with van der Waals surface area (Å²) in [7, 11) is 0. The van der Waals surface area contributed by atoms with E-state index in [-0.39, 0.29) is 11.6 Å². The zero-order valence-corrected chi connectivity index (χ0v) is 11.4. The van der Waals surface area contributed by atoms with Crippen molar-refractivity contribution in [3.05, 3.63) is 16.3 Å². The zero-order valence-electron chi connectivity index (χ0n) is 11.4. The van der Waals surface area contributed by atoms with E-state index in [4.69, 9.17) is 4.74 Å². The minimum atomic E-state index is -0.529. The summed E-state index contributed by atoms with van der Waals surface area (Å²) in [4.78, 5) is 18.3. The first-order valence-electron chi connectivity index (χ1n) is 6.57. The maximum Gasteiger partial charge on any atom is 0.349 e. The van der Waals surface area contributed by atoms with Gasteiger partial charge < -0.3 is 10.1 Å². The Balaban J connectivity index is 2.74. The first kappa shape index (κ1) is 15.1. The Labute approximate surface area is 112 Å². The molecule has 0 aliphatic carbocycles. The fraction of sp³-hybridized carbons (Fsp3) is 0.667. The molecule has 1 aromatic rings. The molecule has 7 heteroatoms. The van der Waals surface area contributed by atoms with Crippen LogP contribution in [-0.4, -0.2) is 28.0 Å². The molecule has 0 fully saturated rings. The molecule has 0 unspecified atom stereocenters. The number of hydrogen-bond donors (Lipinski definition) is 1. The van der Waals surface area contributed by atoms with E-state index in [1.54, 1.807) is 0 Å². The Morgan fingerprint density at radius 2 is 2.16 bits per heavy atom. The van der Waals surface area contributed by atoms with Gasteiger partial charge in [0.15, 0.2) is 0 Å². The molecule has 7 nitrogen and oxygen atoms in total. The molecule has 19 heavy (non-hydrogen) atoms. The van der Waals surface area contributed by atoms with Crippen molar-refractivity contribution >= 4 is 11.6 Å². The molecule has 106 valence electrons. The standard InChI is InChI=1S/C12H20N4O3/c1-3-5-6-8-19-11-10(16(17)18)9-14-12(15-11)13-7-4-2/h9H,3-8H2,1-2H3,(H,13,14,15). The van der Waals surface area contributed by atoms with Crippen LogP contribution in [0.4, 0.5) is 11.6 Å². The Bertz CT molecular complexity index is 412. The Morgan fingerprint density at radius 3 is 2.79 bits per heavy atom. The highest BCUT2D eigenvalue weighted by atomic mass is 16.6. The topological polar surface area (TPSA) is 90.2 Å². The van der Waals surface area contributed by atoms with Crippen molar-refractivity contribution in [1.82, 2.24) is 9.97 Å². The summed E-state index contributed by atoms with van der Waals surface area (Å²) in [6.45, 7) is 5.24. The van der Waals surface area contributed by atoms with Crippen LogP contribution in [0, 0.1) is 10.1 Å². The van der Waals surface area contributed by atoms with Crippen LogP contribution >= 0.6 is 0 Å². The molecule has 0 aliphatic heterocycles. The predicted octanol–water partition coefficient (Wildman–Crippen LogP) is 2.78. The zero-order chi connectivity index (χ0) is 14.1. The quantitative estimate of drug-likeness (QED) is 0.420. The van der Waals surface area contributed by atoms with Crippen molar-refractivity contribution in [2.45, 2.75) is 39.5 Å². The van der Waals surface area contributed by atoms with Crippen LogP contribution in [0.1, 0.15) is 39.5 Å². The SMILES string of the molecule is CCCCCOc1nc(NCCC)ncc1[N+](=O)[O-]. The highest BCUT2D eigenvalue weighted by Gasteiger charge is 2.18. The van der Waals surface area contributed by atoms with Crippen LogP contribution < -0.4 is 10.1 Å². The van der Waals surface area contributed by atoms with Crippen LogP contribution in [0.2, 0.25) is 0 Å². The average Bonchev–Trinajstić information content (AvgIpc) is 2.41. The van der Waals surface area contributed by atoms with Gasteiger partial charge in [-0.3, -0.25) is 10.1 Å². The molecule has 0 saturated carbocycles. The van der Waals surface area contributed by atoms with Gasteiger partial charge in [-0.05, 0) is 12.8 Å². The molecule has 0 bridgehead atoms. The van der Waals surface area contributed by atoms with Gasteiger partial charge in [0.2, 0.25) is 5.95 Å². The van der Waals surface area contributed by atoms with Crippen molar-refractivity contribution in [3.8, 4) is 5.88 Å². The number of rotatable bonds is 9. The molecule has 0 aromatic carbocycles. The first-order valence-corrected chi connectivity index (χ1v) is 6.57. The van der Waals surface area contributed by atoms with E-state index < -0.39 is 4.92 Å². The van der Waals surface area contributed by atoms with Crippen molar-refractivity contribution in [1.29, 1.82) is 0 Å². The smallest absolute Gasteiger partial charge is 0.349 e. The van der Waals surface area contributed by atoms with E-state index in [9.17, 15) is 10.1 Å². The molecule has 1 aromatic heterocycles. The van der Waals surface area contributed by atoms with Crippen LogP contribution in [0.3, 0.4) is 0 Å². The van der Waals surface area contributed by atoms with E-state index in [0.717, 1.165) is 25.7 Å². The van der Waals surface area contributed by atoms with Gasteiger partial charge >= 0.3 is 5.69 Å². The highest BCUT2D eigenvalue weighted by molar-refractivity contribution is 5.43. The van der Waals surface area contributed by atoms with Gasteiger partial charge in [-0.25, -0.2) is 4.98 Å². The number of nitrogens with one attached hydrogen (secondary N) is 1. The maximum atomic E-state index is 10.9. The number of ether oxygens (including phenoxy) is 1. The van der Waals surface area contributed by atoms with Gasteiger partial charge in [0.25, 0.3) is 5.88 Å². The maximum absolute atomic E-state index is 10.9. The number of nitro groups is 1. The molecule has 1 N–H and O–H groups in total. The van der Waals surface area contributed by atoms with E-state index in [0.29, 0.717) is 19.1 Å². The molecule has 0 aliphatic rings. The summed E-state index contributed by atoms with van der Waals surface area (Å²) in [6.07, 6.45) is 5.06. The second-order valence-corrected chi connectivity index (χ2v) is 4.12. The lowest BCUT2D eigenvalue weighted by Gasteiger charge is -2.07. The monoisotopic (exact) mass is 268 g/mol. The van der Waals surface area contributed by atoms with Crippen LogP contribution in [0.15, 0.2) is 6.20 Å². The molecule has 0 spiro atoms. The summed E-state index contributed by atoms with van der Waals surface area (Å²) < 4.78 is 5.39. The summed E-state index contributed by atoms with van der Waals surface area (Å²) in [5, 5.41) is 13.8. The Morgan fingerprint density at radius 1 is 1.37 bits per heavy atom. The molecule has 0 atom stereocenters. The second kappa shape index (κ2) is 8.23. The van der Waals surface area contributed by atoms with E-state index in [2.05, 4.69) is 22.2 Å². The molecular formula is C12H20N4O3. The van der Waals surface area contributed by atoms with E-state index in [1.165, 1.54) is 6.20 Å². The van der Waals surface area contributed by atoms with Crippen LogP contribution in [0.5, 0.6) is 5.88 Å². The Kier molecular flexibility index (Phi) is 6.56. The van der Waals surface area contributed by atoms with Gasteiger partial charge in [0.05, 0.1) is 11.5 Å². The minimum absolute atomic E-state index is 0.0368. The van der Waals surface area contributed by atoms with E-state index >= 15 is 0 Å². The summed E-state index contributed by atoms with van der Waals surface area (Å²) in [6, 6.07) is 0.